The minimum Gasteiger partial charge on any atom is -0.506 e. The highest BCUT2D eigenvalue weighted by atomic mass is 35.5. The first-order valence-corrected chi connectivity index (χ1v) is 10.2. The van der Waals surface area contributed by atoms with Gasteiger partial charge in [-0.15, -0.1) is 0 Å². The first-order chi connectivity index (χ1) is 14.0. The van der Waals surface area contributed by atoms with Gasteiger partial charge in [0.25, 0.3) is 5.91 Å². The maximum Gasteiger partial charge on any atom is 0.255 e. The number of nitrogens with zero attached hydrogens (tertiary/aromatic N) is 1. The van der Waals surface area contributed by atoms with Crippen molar-refractivity contribution in [2.24, 2.45) is 0 Å². The number of amides is 1. The first-order valence-electron chi connectivity index (χ1n) is 9.86. The van der Waals surface area contributed by atoms with E-state index >= 15 is 0 Å². The van der Waals surface area contributed by atoms with Gasteiger partial charge in [0.1, 0.15) is 10.9 Å². The first kappa shape index (κ1) is 19.7. The van der Waals surface area contributed by atoms with E-state index in [1.54, 1.807) is 24.4 Å². The summed E-state index contributed by atoms with van der Waals surface area (Å²) >= 11 is 5.88. The number of rotatable bonds is 4. The van der Waals surface area contributed by atoms with E-state index in [1.807, 2.05) is 24.3 Å². The van der Waals surface area contributed by atoms with Crippen LogP contribution in [0.25, 0.3) is 10.8 Å². The molecule has 5 nitrogen and oxygen atoms in total. The number of hydrogen-bond acceptors (Lipinski definition) is 4. The molecule has 4 rings (SSSR count). The van der Waals surface area contributed by atoms with E-state index in [0.717, 1.165) is 35.8 Å². The molecule has 1 heterocycles. The Labute approximate surface area is 174 Å². The van der Waals surface area contributed by atoms with Crippen LogP contribution in [0.5, 0.6) is 5.75 Å². The number of phenolic OH excluding ortho intramolecular Hbond substituents is 1. The quantitative estimate of drug-likeness (QED) is 0.562. The highest BCUT2D eigenvalue weighted by Crippen LogP contribution is 2.33. The molecule has 1 amide bonds. The molecule has 0 unspecified atom stereocenters. The summed E-state index contributed by atoms with van der Waals surface area (Å²) in [5.74, 6) is -0.406. The third-order valence-electron chi connectivity index (χ3n) is 5.58. The summed E-state index contributed by atoms with van der Waals surface area (Å²) in [5.41, 5.74) is 2.09. The van der Waals surface area contributed by atoms with Crippen molar-refractivity contribution in [2.45, 2.75) is 44.2 Å². The predicted molar refractivity (Wildman–Crippen MR) is 113 cm³/mol. The number of aliphatic hydroxyl groups excluding tert-OH is 1. The summed E-state index contributed by atoms with van der Waals surface area (Å²) in [4.78, 5) is 17.1. The van der Waals surface area contributed by atoms with E-state index in [9.17, 15) is 15.0 Å². The van der Waals surface area contributed by atoms with Crippen LogP contribution in [0.3, 0.4) is 0 Å². The molecule has 150 valence electrons. The Kier molecular flexibility index (Phi) is 5.69. The lowest BCUT2D eigenvalue weighted by Crippen LogP contribution is -2.45. The second-order valence-corrected chi connectivity index (χ2v) is 7.96. The molecule has 0 aliphatic heterocycles. The van der Waals surface area contributed by atoms with Gasteiger partial charge < -0.3 is 15.5 Å². The van der Waals surface area contributed by atoms with Crippen molar-refractivity contribution < 1.29 is 15.0 Å². The fourth-order valence-corrected chi connectivity index (χ4v) is 4.12. The number of aliphatic hydroxyl groups is 1. The third-order valence-corrected chi connectivity index (χ3v) is 5.80. The number of halogens is 1. The standard InChI is InChI=1S/C23H23ClN2O3/c24-21-10-9-14(13-25-21)11-15-12-18(22(28)17-6-2-1-5-16(15)17)23(29)26-19-7-3-4-8-20(19)27/h1-2,5-6,9-10,12-13,19-20,27-28H,3-4,7-8,11H2,(H,26,29)/t19-,20-/m0/s1. The minimum absolute atomic E-state index is 0.0404. The molecule has 1 aromatic heterocycles. The van der Waals surface area contributed by atoms with Crippen LogP contribution in [0, 0.1) is 0 Å². The van der Waals surface area contributed by atoms with Crippen LogP contribution >= 0.6 is 11.6 Å². The molecule has 0 spiro atoms. The van der Waals surface area contributed by atoms with E-state index in [-0.39, 0.29) is 23.3 Å². The normalized spacial score (nSPS) is 19.2. The topological polar surface area (TPSA) is 82.5 Å². The summed E-state index contributed by atoms with van der Waals surface area (Å²) in [6, 6.07) is 12.6. The Morgan fingerprint density at radius 2 is 1.90 bits per heavy atom. The Bertz CT molecular complexity index is 1040. The molecule has 1 fully saturated rings. The fourth-order valence-electron chi connectivity index (χ4n) is 4.01. The summed E-state index contributed by atoms with van der Waals surface area (Å²) in [5, 5.41) is 25.8. The molecule has 1 saturated carbocycles. The van der Waals surface area contributed by atoms with Crippen LogP contribution < -0.4 is 5.32 Å². The average Bonchev–Trinajstić information content (AvgIpc) is 2.73. The Hall–Kier alpha value is -2.63. The molecule has 29 heavy (non-hydrogen) atoms. The van der Waals surface area contributed by atoms with Crippen LogP contribution in [0.2, 0.25) is 5.15 Å². The number of nitrogens with one attached hydrogen (secondary N) is 1. The summed E-state index contributed by atoms with van der Waals surface area (Å²) in [6.07, 6.45) is 5.08. The molecule has 1 aliphatic carbocycles. The SMILES string of the molecule is O=C(N[C@H]1CCCC[C@@H]1O)c1cc(Cc2ccc(Cl)nc2)c2ccccc2c1O. The van der Waals surface area contributed by atoms with Crippen molar-refractivity contribution in [1.82, 2.24) is 10.3 Å². The number of aromatic hydroxyl groups is 1. The largest absolute Gasteiger partial charge is 0.506 e. The smallest absolute Gasteiger partial charge is 0.255 e. The van der Waals surface area contributed by atoms with Crippen molar-refractivity contribution in [1.29, 1.82) is 0 Å². The van der Waals surface area contributed by atoms with Crippen LogP contribution in [0.4, 0.5) is 0 Å². The number of benzene rings is 2. The minimum atomic E-state index is -0.546. The number of carbonyl (C=O) groups is 1. The van der Waals surface area contributed by atoms with Crippen molar-refractivity contribution >= 4 is 28.3 Å². The zero-order chi connectivity index (χ0) is 20.4. The number of hydrogen-bond donors (Lipinski definition) is 3. The van der Waals surface area contributed by atoms with E-state index in [4.69, 9.17) is 11.6 Å². The molecule has 6 heteroatoms. The molecule has 0 saturated heterocycles. The van der Waals surface area contributed by atoms with Gasteiger partial charge in [0.15, 0.2) is 0 Å². The van der Waals surface area contributed by atoms with Crippen molar-refractivity contribution in [2.75, 3.05) is 0 Å². The molecule has 3 N–H and O–H groups in total. The molecule has 3 aromatic rings. The van der Waals surface area contributed by atoms with Gasteiger partial charge in [0.2, 0.25) is 0 Å². The zero-order valence-corrected chi connectivity index (χ0v) is 16.7. The van der Waals surface area contributed by atoms with Crippen LogP contribution in [-0.2, 0) is 6.42 Å². The fraction of sp³-hybridized carbons (Fsp3) is 0.304. The second kappa shape index (κ2) is 8.39. The lowest BCUT2D eigenvalue weighted by molar-refractivity contribution is 0.0715. The average molecular weight is 411 g/mol. The highest BCUT2D eigenvalue weighted by molar-refractivity contribution is 6.29. The number of aromatic nitrogens is 1. The molecule has 1 aliphatic rings. The van der Waals surface area contributed by atoms with Gasteiger partial charge >= 0.3 is 0 Å². The Morgan fingerprint density at radius 3 is 2.62 bits per heavy atom. The summed E-state index contributed by atoms with van der Waals surface area (Å²) in [7, 11) is 0. The van der Waals surface area contributed by atoms with Crippen LogP contribution in [0.15, 0.2) is 48.7 Å². The third kappa shape index (κ3) is 4.21. The molecule has 0 radical (unpaired) electrons. The van der Waals surface area contributed by atoms with Gasteiger partial charge in [-0.25, -0.2) is 4.98 Å². The lowest BCUT2D eigenvalue weighted by atomic mass is 9.91. The van der Waals surface area contributed by atoms with Gasteiger partial charge in [-0.2, -0.15) is 0 Å². The monoisotopic (exact) mass is 410 g/mol. The zero-order valence-electron chi connectivity index (χ0n) is 15.9. The lowest BCUT2D eigenvalue weighted by Gasteiger charge is -2.28. The van der Waals surface area contributed by atoms with Crippen LogP contribution in [-0.4, -0.2) is 33.3 Å². The maximum absolute atomic E-state index is 13.0. The maximum atomic E-state index is 13.0. The molecular weight excluding hydrogens is 388 g/mol. The second-order valence-electron chi connectivity index (χ2n) is 7.58. The molecular formula is C23H23ClN2O3. The van der Waals surface area contributed by atoms with E-state index < -0.39 is 6.10 Å². The Morgan fingerprint density at radius 1 is 1.14 bits per heavy atom. The molecule has 2 aromatic carbocycles. The van der Waals surface area contributed by atoms with E-state index in [1.165, 1.54) is 0 Å². The molecule has 2 atom stereocenters. The van der Waals surface area contributed by atoms with Crippen LogP contribution in [0.1, 0.15) is 47.2 Å². The molecule has 0 bridgehead atoms. The van der Waals surface area contributed by atoms with E-state index in [2.05, 4.69) is 10.3 Å². The summed E-state index contributed by atoms with van der Waals surface area (Å²) in [6.45, 7) is 0. The number of pyridine rings is 1. The van der Waals surface area contributed by atoms with Gasteiger partial charge in [0, 0.05) is 11.6 Å². The predicted octanol–water partition coefficient (Wildman–Crippen LogP) is 4.22. The van der Waals surface area contributed by atoms with E-state index in [0.29, 0.717) is 23.4 Å². The van der Waals surface area contributed by atoms with Gasteiger partial charge in [-0.05, 0) is 47.9 Å². The van der Waals surface area contributed by atoms with Crippen molar-refractivity contribution in [3.05, 3.63) is 70.5 Å². The van der Waals surface area contributed by atoms with Gasteiger partial charge in [0.05, 0.1) is 17.7 Å². The highest BCUT2D eigenvalue weighted by Gasteiger charge is 2.26. The Balaban J connectivity index is 1.71. The van der Waals surface area contributed by atoms with Crippen molar-refractivity contribution in [3.63, 3.8) is 0 Å². The number of phenols is 1. The number of fused-ring (bicyclic) bond motifs is 1. The van der Waals surface area contributed by atoms with Gasteiger partial charge in [-0.1, -0.05) is 54.8 Å². The number of carbonyl (C=O) groups excluding carboxylic acids is 1. The summed E-state index contributed by atoms with van der Waals surface area (Å²) < 4.78 is 0. The van der Waals surface area contributed by atoms with Gasteiger partial charge in [-0.3, -0.25) is 4.79 Å². The van der Waals surface area contributed by atoms with Crippen molar-refractivity contribution in [3.8, 4) is 5.75 Å².